The van der Waals surface area contributed by atoms with Gasteiger partial charge in [-0.3, -0.25) is 4.79 Å². The minimum atomic E-state index is -0.708. The minimum Gasteiger partial charge on any atom is -0.427 e. The van der Waals surface area contributed by atoms with Crippen molar-refractivity contribution in [2.24, 2.45) is 0 Å². The molecule has 1 aromatic heterocycles. The zero-order chi connectivity index (χ0) is 11.4. The molecule has 1 heterocycles. The Morgan fingerprint density at radius 1 is 1.53 bits per heavy atom. The van der Waals surface area contributed by atoms with Crippen LogP contribution in [0.1, 0.15) is 16.1 Å². The first-order valence-electron chi connectivity index (χ1n) is 3.80. The largest absolute Gasteiger partial charge is 0.427 e. The summed E-state index contributed by atoms with van der Waals surface area (Å²) < 4.78 is 14.3. The van der Waals surface area contributed by atoms with Crippen LogP contribution in [0.2, 0.25) is 0 Å². The van der Waals surface area contributed by atoms with E-state index in [4.69, 9.17) is 7.48 Å². The maximum Gasteiger partial charge on any atom is 0.350 e. The molecule has 0 fully saturated rings. The van der Waals surface area contributed by atoms with Crippen LogP contribution >= 0.6 is 46.0 Å². The third-order valence-corrected chi connectivity index (χ3v) is 2.37. The molecule has 0 unspecified atom stereocenters. The van der Waals surface area contributed by atoms with Crippen LogP contribution in [-0.4, -0.2) is 12.4 Å². The molecule has 7 heteroatoms. The molecule has 0 aliphatic carbocycles. The number of carbonyl (C=O) groups excluding carboxylic acids is 1. The second-order valence-corrected chi connectivity index (χ2v) is 3.70. The van der Waals surface area contributed by atoms with Crippen molar-refractivity contribution in [1.29, 1.82) is 0 Å². The van der Waals surface area contributed by atoms with E-state index in [1.165, 1.54) is 6.07 Å². The molecule has 0 aliphatic heterocycles. The lowest BCUT2D eigenvalue weighted by Gasteiger charge is -2.03. The molecule has 0 bridgehead atoms. The van der Waals surface area contributed by atoms with Gasteiger partial charge in [-0.25, -0.2) is 4.79 Å². The molecule has 0 saturated heterocycles. The molecule has 5 nitrogen and oxygen atoms in total. The Morgan fingerprint density at radius 2 is 2.20 bits per heavy atom. The van der Waals surface area contributed by atoms with E-state index in [-0.39, 0.29) is 17.9 Å². The van der Waals surface area contributed by atoms with E-state index < -0.39 is 11.4 Å². The van der Waals surface area contributed by atoms with E-state index in [1.54, 1.807) is 52.9 Å². The fourth-order valence-electron chi connectivity index (χ4n) is 1.02. The van der Waals surface area contributed by atoms with Crippen molar-refractivity contribution in [3.63, 3.8) is 0 Å². The molecule has 0 aliphatic rings. The average molecular weight is 436 g/mol. The van der Waals surface area contributed by atoms with Gasteiger partial charge < -0.3 is 10.5 Å². The number of halogens is 2. The Labute approximate surface area is 114 Å². The van der Waals surface area contributed by atoms with Gasteiger partial charge in [0, 0.05) is 6.07 Å². The second kappa shape index (κ2) is 5.80. The number of Topliss-reactive ketones (excluding diaryl/α,β-unsaturated/α-hetero) is 1. The standard InChI is InChI=1S/C8H6I2O5/c1-4-2-6(15-10)7(8(12)14-4)5(11)3-13-9/h2H,3H2,1H3. The highest BCUT2D eigenvalue weighted by Crippen LogP contribution is 2.19. The number of rotatable bonds is 4. The van der Waals surface area contributed by atoms with Crippen molar-refractivity contribution in [2.45, 2.75) is 6.92 Å². The van der Waals surface area contributed by atoms with Crippen LogP contribution in [0, 0.1) is 6.92 Å². The summed E-state index contributed by atoms with van der Waals surface area (Å²) >= 11 is 3.17. The predicted octanol–water partition coefficient (Wildman–Crippen LogP) is 2.23. The molecule has 82 valence electrons. The molecule has 15 heavy (non-hydrogen) atoms. The summed E-state index contributed by atoms with van der Waals surface area (Å²) in [7, 11) is 0. The summed E-state index contributed by atoms with van der Waals surface area (Å²) in [5.74, 6) is 0.117. The molecule has 0 spiro atoms. The molecule has 0 amide bonds. The van der Waals surface area contributed by atoms with Gasteiger partial charge in [-0.05, 0) is 6.92 Å². The normalized spacial score (nSPS) is 10.1. The van der Waals surface area contributed by atoms with Crippen LogP contribution in [0.4, 0.5) is 0 Å². The number of hydrogen-bond donors (Lipinski definition) is 0. The van der Waals surface area contributed by atoms with E-state index >= 15 is 0 Å². The van der Waals surface area contributed by atoms with Crippen molar-refractivity contribution in [3.8, 4) is 5.75 Å². The summed E-state index contributed by atoms with van der Waals surface area (Å²) in [4.78, 5) is 22.9. The summed E-state index contributed by atoms with van der Waals surface area (Å²) in [5, 5.41) is 0. The third kappa shape index (κ3) is 3.14. The monoisotopic (exact) mass is 436 g/mol. The smallest absolute Gasteiger partial charge is 0.350 e. The van der Waals surface area contributed by atoms with Crippen LogP contribution in [0.15, 0.2) is 15.3 Å². The highest BCUT2D eigenvalue weighted by molar-refractivity contribution is 14.1. The zero-order valence-electron chi connectivity index (χ0n) is 7.58. The van der Waals surface area contributed by atoms with Gasteiger partial charge in [0.25, 0.3) is 0 Å². The first-order valence-corrected chi connectivity index (χ1v) is 5.56. The number of hydrogen-bond acceptors (Lipinski definition) is 5. The van der Waals surface area contributed by atoms with Gasteiger partial charge in [-0.15, -0.1) is 0 Å². The lowest BCUT2D eigenvalue weighted by molar-refractivity contribution is 0.0941. The number of aryl methyl sites for hydroxylation is 1. The Hall–Kier alpha value is -0.160. The molecule has 0 aromatic carbocycles. The first kappa shape index (κ1) is 12.9. The van der Waals surface area contributed by atoms with Crippen molar-refractivity contribution in [3.05, 3.63) is 27.8 Å². The maximum absolute atomic E-state index is 11.5. The lowest BCUT2D eigenvalue weighted by Crippen LogP contribution is -2.18. The number of carbonyl (C=O) groups is 1. The highest BCUT2D eigenvalue weighted by Gasteiger charge is 2.19. The molecule has 0 saturated carbocycles. The van der Waals surface area contributed by atoms with Gasteiger partial charge in [0.2, 0.25) is 5.78 Å². The van der Waals surface area contributed by atoms with E-state index in [9.17, 15) is 9.59 Å². The van der Waals surface area contributed by atoms with Crippen molar-refractivity contribution in [1.82, 2.24) is 0 Å². The van der Waals surface area contributed by atoms with Crippen molar-refractivity contribution < 1.29 is 15.3 Å². The van der Waals surface area contributed by atoms with Crippen LogP contribution < -0.4 is 8.69 Å². The van der Waals surface area contributed by atoms with Gasteiger partial charge in [0.15, 0.2) is 28.8 Å². The Bertz CT molecular complexity index is 426. The topological polar surface area (TPSA) is 65.7 Å². The molecule has 0 atom stereocenters. The van der Waals surface area contributed by atoms with E-state index in [1.807, 2.05) is 0 Å². The molecule has 0 N–H and O–H groups in total. The molecular weight excluding hydrogens is 430 g/mol. The quantitative estimate of drug-likeness (QED) is 0.536. The van der Waals surface area contributed by atoms with Crippen LogP contribution in [-0.2, 0) is 3.07 Å². The first-order chi connectivity index (χ1) is 7.10. The SMILES string of the molecule is Cc1cc(OI)c(C(=O)COI)c(=O)o1. The molecule has 1 aromatic rings. The van der Waals surface area contributed by atoms with Crippen molar-refractivity contribution in [2.75, 3.05) is 6.61 Å². The maximum atomic E-state index is 11.5. The summed E-state index contributed by atoms with van der Waals surface area (Å²) in [6.45, 7) is 1.41. The van der Waals surface area contributed by atoms with Crippen molar-refractivity contribution >= 4 is 51.8 Å². The average Bonchev–Trinajstić information content (AvgIpc) is 2.16. The Morgan fingerprint density at radius 3 is 2.73 bits per heavy atom. The van der Waals surface area contributed by atoms with Crippen LogP contribution in [0.5, 0.6) is 5.75 Å². The predicted molar refractivity (Wildman–Crippen MR) is 68.7 cm³/mol. The molecule has 1 rings (SSSR count). The summed E-state index contributed by atoms with van der Waals surface area (Å²) in [6.07, 6.45) is 0. The fraction of sp³-hybridized carbons (Fsp3) is 0.250. The minimum absolute atomic E-state index is 0.119. The zero-order valence-corrected chi connectivity index (χ0v) is 11.9. The number of ketones is 1. The molecule has 0 radical (unpaired) electrons. The van der Waals surface area contributed by atoms with E-state index in [0.717, 1.165) is 0 Å². The molecular formula is C8H6I2O5. The van der Waals surface area contributed by atoms with E-state index in [2.05, 4.69) is 3.07 Å². The Kier molecular flexibility index (Phi) is 4.99. The second-order valence-electron chi connectivity index (χ2n) is 2.64. The van der Waals surface area contributed by atoms with Gasteiger partial charge in [-0.1, -0.05) is 0 Å². The highest BCUT2D eigenvalue weighted by atomic mass is 127. The fourth-order valence-corrected chi connectivity index (χ4v) is 1.65. The van der Waals surface area contributed by atoms with Crippen LogP contribution in [0.25, 0.3) is 0 Å². The van der Waals surface area contributed by atoms with Gasteiger partial charge in [0.1, 0.15) is 40.9 Å². The van der Waals surface area contributed by atoms with Gasteiger partial charge in [-0.2, -0.15) is 0 Å². The third-order valence-electron chi connectivity index (χ3n) is 1.59. The van der Waals surface area contributed by atoms with E-state index in [0.29, 0.717) is 5.76 Å². The summed E-state index contributed by atoms with van der Waals surface area (Å²) in [5.41, 5.74) is -0.827. The van der Waals surface area contributed by atoms with Crippen LogP contribution in [0.3, 0.4) is 0 Å². The summed E-state index contributed by atoms with van der Waals surface area (Å²) in [6, 6.07) is 1.48. The Balaban J connectivity index is 3.27. The lowest BCUT2D eigenvalue weighted by atomic mass is 10.2. The van der Waals surface area contributed by atoms with Gasteiger partial charge in [0.05, 0.1) is 0 Å². The van der Waals surface area contributed by atoms with Gasteiger partial charge >= 0.3 is 5.63 Å².